The van der Waals surface area contributed by atoms with Gasteiger partial charge in [0, 0.05) is 12.1 Å². The van der Waals surface area contributed by atoms with Crippen molar-refractivity contribution in [1.82, 2.24) is 0 Å². The van der Waals surface area contributed by atoms with E-state index in [0.29, 0.717) is 35.5 Å². The highest BCUT2D eigenvalue weighted by Crippen LogP contribution is 2.36. The molecule has 0 saturated carbocycles. The molecule has 1 aliphatic rings. The minimum Gasteiger partial charge on any atom is -0.452 e. The van der Waals surface area contributed by atoms with Crippen molar-refractivity contribution in [2.75, 3.05) is 11.1 Å². The lowest BCUT2D eigenvalue weighted by atomic mass is 10.0. The summed E-state index contributed by atoms with van der Waals surface area (Å²) in [5.41, 5.74) is 8.43. The Kier molecular flexibility index (Phi) is 3.25. The third kappa shape index (κ3) is 2.54. The number of rotatable bonds is 2. The van der Waals surface area contributed by atoms with E-state index in [-0.39, 0.29) is 11.7 Å². The zero-order valence-corrected chi connectivity index (χ0v) is 11.6. The number of hydrogen-bond acceptors (Lipinski definition) is 3. The smallest absolute Gasteiger partial charge is 0.224 e. The lowest BCUT2D eigenvalue weighted by Gasteiger charge is -2.19. The van der Waals surface area contributed by atoms with Gasteiger partial charge in [-0.05, 0) is 42.7 Å². The van der Waals surface area contributed by atoms with Crippen molar-refractivity contribution in [3.63, 3.8) is 0 Å². The molecule has 2 aromatic rings. The van der Waals surface area contributed by atoms with E-state index in [2.05, 4.69) is 5.32 Å². The van der Waals surface area contributed by atoms with Crippen LogP contribution in [0.2, 0.25) is 0 Å². The zero-order valence-electron chi connectivity index (χ0n) is 11.6. The van der Waals surface area contributed by atoms with E-state index in [1.165, 1.54) is 0 Å². The lowest BCUT2D eigenvalue weighted by molar-refractivity contribution is -0.116. The fourth-order valence-electron chi connectivity index (χ4n) is 2.33. The molecule has 5 heteroatoms. The van der Waals surface area contributed by atoms with Crippen molar-refractivity contribution in [3.05, 3.63) is 47.3 Å². The summed E-state index contributed by atoms with van der Waals surface area (Å²) in [4.78, 5) is 11.4. The van der Waals surface area contributed by atoms with E-state index in [9.17, 15) is 9.18 Å². The first kappa shape index (κ1) is 13.4. The highest BCUT2D eigenvalue weighted by atomic mass is 19.1. The molecular formula is C16H15FN2O2. The molecule has 3 rings (SSSR count). The molecule has 2 aromatic carbocycles. The van der Waals surface area contributed by atoms with Crippen LogP contribution in [0.3, 0.4) is 0 Å². The largest absolute Gasteiger partial charge is 0.452 e. The summed E-state index contributed by atoms with van der Waals surface area (Å²) >= 11 is 0. The molecule has 1 heterocycles. The van der Waals surface area contributed by atoms with E-state index >= 15 is 0 Å². The Balaban J connectivity index is 1.96. The van der Waals surface area contributed by atoms with Crippen LogP contribution in [0.5, 0.6) is 11.5 Å². The van der Waals surface area contributed by atoms with Crippen LogP contribution >= 0.6 is 0 Å². The van der Waals surface area contributed by atoms with Crippen LogP contribution in [0.1, 0.15) is 17.5 Å². The van der Waals surface area contributed by atoms with E-state index in [4.69, 9.17) is 10.5 Å². The van der Waals surface area contributed by atoms with Gasteiger partial charge in [-0.3, -0.25) is 4.79 Å². The second kappa shape index (κ2) is 5.09. The second-order valence-corrected chi connectivity index (χ2v) is 5.08. The Morgan fingerprint density at radius 2 is 2.05 bits per heavy atom. The molecule has 0 aliphatic carbocycles. The van der Waals surface area contributed by atoms with Crippen molar-refractivity contribution < 1.29 is 13.9 Å². The number of aryl methyl sites for hydroxylation is 2. The highest BCUT2D eigenvalue weighted by molar-refractivity contribution is 5.94. The van der Waals surface area contributed by atoms with Crippen molar-refractivity contribution in [2.24, 2.45) is 0 Å². The summed E-state index contributed by atoms with van der Waals surface area (Å²) in [6.07, 6.45) is 1.04. The summed E-state index contributed by atoms with van der Waals surface area (Å²) < 4.78 is 19.6. The number of halogens is 1. The van der Waals surface area contributed by atoms with Gasteiger partial charge in [0.05, 0.1) is 5.69 Å². The minimum absolute atomic E-state index is 0.0275. The molecule has 1 amide bonds. The second-order valence-electron chi connectivity index (χ2n) is 5.08. The number of carbonyl (C=O) groups is 1. The number of hydrogen-bond donors (Lipinski definition) is 2. The molecule has 1 aliphatic heterocycles. The molecule has 0 saturated heterocycles. The Hall–Kier alpha value is -2.56. The van der Waals surface area contributed by atoms with Gasteiger partial charge in [-0.25, -0.2) is 4.39 Å². The average molecular weight is 286 g/mol. The van der Waals surface area contributed by atoms with Gasteiger partial charge in [0.2, 0.25) is 5.91 Å². The molecule has 108 valence electrons. The number of anilines is 2. The first-order valence-electron chi connectivity index (χ1n) is 6.70. The van der Waals surface area contributed by atoms with Gasteiger partial charge < -0.3 is 15.8 Å². The number of nitrogens with one attached hydrogen (secondary N) is 1. The standard InChI is InChI=1S/C16H15FN2O2/c1-9-3-2-4-13(16(9)17)21-14-7-10-5-6-15(20)19-12(10)8-11(14)18/h2-4,7-8H,5-6,18H2,1H3,(H,19,20). The topological polar surface area (TPSA) is 64.3 Å². The molecule has 0 spiro atoms. The van der Waals surface area contributed by atoms with Crippen molar-refractivity contribution in [2.45, 2.75) is 19.8 Å². The third-order valence-corrected chi connectivity index (χ3v) is 3.51. The number of carbonyl (C=O) groups excluding carboxylic acids is 1. The summed E-state index contributed by atoms with van der Waals surface area (Å²) in [6.45, 7) is 1.67. The molecular weight excluding hydrogens is 271 g/mol. The first-order chi connectivity index (χ1) is 10.0. The van der Waals surface area contributed by atoms with Crippen LogP contribution in [0.4, 0.5) is 15.8 Å². The summed E-state index contributed by atoms with van der Waals surface area (Å²) in [7, 11) is 0. The van der Waals surface area contributed by atoms with Crippen LogP contribution < -0.4 is 15.8 Å². The molecule has 0 radical (unpaired) electrons. The summed E-state index contributed by atoms with van der Waals surface area (Å²) in [6, 6.07) is 8.36. The maximum absolute atomic E-state index is 14.0. The fraction of sp³-hybridized carbons (Fsp3) is 0.188. The number of ether oxygens (including phenoxy) is 1. The highest BCUT2D eigenvalue weighted by Gasteiger charge is 2.18. The zero-order chi connectivity index (χ0) is 15.0. The molecule has 3 N–H and O–H groups in total. The SMILES string of the molecule is Cc1cccc(Oc2cc3c(cc2N)NC(=O)CC3)c1F. The van der Waals surface area contributed by atoms with E-state index < -0.39 is 5.82 Å². The number of fused-ring (bicyclic) bond motifs is 1. The van der Waals surface area contributed by atoms with Gasteiger partial charge in [0.15, 0.2) is 17.3 Å². The van der Waals surface area contributed by atoms with Gasteiger partial charge in [0.1, 0.15) is 0 Å². The molecule has 4 nitrogen and oxygen atoms in total. The minimum atomic E-state index is -0.400. The lowest BCUT2D eigenvalue weighted by Crippen LogP contribution is -2.19. The van der Waals surface area contributed by atoms with Crippen molar-refractivity contribution >= 4 is 17.3 Å². The number of nitrogen functional groups attached to an aromatic ring is 1. The Bertz CT molecular complexity index is 728. The first-order valence-corrected chi connectivity index (χ1v) is 6.70. The van der Waals surface area contributed by atoms with Crippen molar-refractivity contribution in [3.8, 4) is 11.5 Å². The monoisotopic (exact) mass is 286 g/mol. The fourth-order valence-corrected chi connectivity index (χ4v) is 2.33. The van der Waals surface area contributed by atoms with Gasteiger partial charge in [-0.2, -0.15) is 0 Å². The number of benzene rings is 2. The van der Waals surface area contributed by atoms with Gasteiger partial charge in [0.25, 0.3) is 0 Å². The normalized spacial score (nSPS) is 13.5. The molecule has 0 bridgehead atoms. The Labute approximate surface area is 121 Å². The van der Waals surface area contributed by atoms with E-state index in [0.717, 1.165) is 5.56 Å². The predicted octanol–water partition coefficient (Wildman–Crippen LogP) is 3.39. The van der Waals surface area contributed by atoms with Crippen LogP contribution in [-0.4, -0.2) is 5.91 Å². The Morgan fingerprint density at radius 1 is 1.24 bits per heavy atom. The summed E-state index contributed by atoms with van der Waals surface area (Å²) in [5, 5.41) is 2.76. The maximum Gasteiger partial charge on any atom is 0.224 e. The van der Waals surface area contributed by atoms with Crippen LogP contribution in [0.15, 0.2) is 30.3 Å². The third-order valence-electron chi connectivity index (χ3n) is 3.51. The maximum atomic E-state index is 14.0. The van der Waals surface area contributed by atoms with Gasteiger partial charge in [-0.15, -0.1) is 0 Å². The quantitative estimate of drug-likeness (QED) is 0.832. The number of amides is 1. The Morgan fingerprint density at radius 3 is 2.86 bits per heavy atom. The van der Waals surface area contributed by atoms with Crippen molar-refractivity contribution in [1.29, 1.82) is 0 Å². The van der Waals surface area contributed by atoms with Crippen LogP contribution in [0, 0.1) is 12.7 Å². The average Bonchev–Trinajstić information content (AvgIpc) is 2.45. The molecule has 0 aromatic heterocycles. The predicted molar refractivity (Wildman–Crippen MR) is 79.0 cm³/mol. The number of nitrogens with two attached hydrogens (primary N) is 1. The molecule has 0 unspecified atom stereocenters. The summed E-state index contributed by atoms with van der Waals surface area (Å²) in [5.74, 6) is 0.110. The van der Waals surface area contributed by atoms with Crippen LogP contribution in [-0.2, 0) is 11.2 Å². The molecule has 21 heavy (non-hydrogen) atoms. The van der Waals surface area contributed by atoms with E-state index in [1.807, 2.05) is 0 Å². The van der Waals surface area contributed by atoms with E-state index in [1.54, 1.807) is 37.3 Å². The van der Waals surface area contributed by atoms with Gasteiger partial charge in [-0.1, -0.05) is 12.1 Å². The van der Waals surface area contributed by atoms with Gasteiger partial charge >= 0.3 is 0 Å². The van der Waals surface area contributed by atoms with Crippen LogP contribution in [0.25, 0.3) is 0 Å². The molecule has 0 atom stereocenters. The molecule has 0 fully saturated rings.